The van der Waals surface area contributed by atoms with Crippen LogP contribution in [-0.4, -0.2) is 29.7 Å². The number of benzene rings is 1. The monoisotopic (exact) mass is 481 g/mol. The van der Waals surface area contributed by atoms with Crippen molar-refractivity contribution in [1.82, 2.24) is 9.97 Å². The van der Waals surface area contributed by atoms with Crippen LogP contribution in [0.5, 0.6) is 0 Å². The molecular weight excluding hydrogens is 460 g/mol. The van der Waals surface area contributed by atoms with E-state index in [0.717, 1.165) is 24.4 Å². The molecule has 3 rings (SSSR count). The third-order valence-corrected chi connectivity index (χ3v) is 8.46. The van der Waals surface area contributed by atoms with Gasteiger partial charge >= 0.3 is 12.4 Å². The van der Waals surface area contributed by atoms with E-state index in [1.54, 1.807) is 0 Å². The average Bonchev–Trinajstić information content (AvgIpc) is 2.65. The average molecular weight is 481 g/mol. The van der Waals surface area contributed by atoms with Crippen molar-refractivity contribution in [2.75, 3.05) is 11.9 Å². The molecule has 1 aliphatic carbocycles. The lowest BCUT2D eigenvalue weighted by Gasteiger charge is -2.45. The number of rotatable bonds is 6. The summed E-state index contributed by atoms with van der Waals surface area (Å²) in [5.74, 6) is -1.58. The Morgan fingerprint density at radius 1 is 1.03 bits per heavy atom. The SMILES string of the molecule is CC(C)([C@H]1C[C@@H](CNc2ccnc(C(F)(F)F)n2)C1)S(=O)(=O)c1cccc(C(F)(F)F)c1. The van der Waals surface area contributed by atoms with E-state index in [0.29, 0.717) is 18.9 Å². The first-order valence-corrected chi connectivity index (χ1v) is 11.2. The van der Waals surface area contributed by atoms with E-state index in [4.69, 9.17) is 0 Å². The van der Waals surface area contributed by atoms with Gasteiger partial charge < -0.3 is 5.32 Å². The molecule has 1 aromatic carbocycles. The first kappa shape index (κ1) is 24.3. The zero-order valence-corrected chi connectivity index (χ0v) is 17.9. The first-order valence-electron chi connectivity index (χ1n) is 9.68. The van der Waals surface area contributed by atoms with Gasteiger partial charge in [0.05, 0.1) is 15.2 Å². The zero-order valence-electron chi connectivity index (χ0n) is 17.1. The van der Waals surface area contributed by atoms with Crippen molar-refractivity contribution in [2.45, 2.75) is 48.7 Å². The number of sulfone groups is 1. The number of hydrogen-bond acceptors (Lipinski definition) is 5. The molecule has 0 unspecified atom stereocenters. The highest BCUT2D eigenvalue weighted by molar-refractivity contribution is 7.92. The number of hydrogen-bond donors (Lipinski definition) is 1. The van der Waals surface area contributed by atoms with Gasteiger partial charge in [0.1, 0.15) is 5.82 Å². The second-order valence-electron chi connectivity index (χ2n) is 8.31. The van der Waals surface area contributed by atoms with Crippen LogP contribution < -0.4 is 5.32 Å². The molecule has 1 saturated carbocycles. The summed E-state index contributed by atoms with van der Waals surface area (Å²) in [5.41, 5.74) is -1.03. The Bertz CT molecular complexity index is 1080. The summed E-state index contributed by atoms with van der Waals surface area (Å²) in [6, 6.07) is 4.97. The van der Waals surface area contributed by atoms with Crippen molar-refractivity contribution >= 4 is 15.7 Å². The van der Waals surface area contributed by atoms with E-state index in [-0.39, 0.29) is 29.1 Å². The maximum Gasteiger partial charge on any atom is 0.451 e. The van der Waals surface area contributed by atoms with Crippen molar-refractivity contribution in [1.29, 1.82) is 0 Å². The van der Waals surface area contributed by atoms with Gasteiger partial charge in [0.2, 0.25) is 5.82 Å². The largest absolute Gasteiger partial charge is 0.451 e. The Morgan fingerprint density at radius 3 is 2.28 bits per heavy atom. The second kappa shape index (κ2) is 8.20. The Hall–Kier alpha value is -2.37. The lowest BCUT2D eigenvalue weighted by Crippen LogP contribution is -2.47. The van der Waals surface area contributed by atoms with Crippen LogP contribution in [0.25, 0.3) is 0 Å². The maximum absolute atomic E-state index is 13.1. The minimum absolute atomic E-state index is 0.00613. The molecule has 1 fully saturated rings. The van der Waals surface area contributed by atoms with Crippen LogP contribution in [0.2, 0.25) is 0 Å². The van der Waals surface area contributed by atoms with E-state index in [1.165, 1.54) is 19.9 Å². The fourth-order valence-corrected chi connectivity index (χ4v) is 5.45. The lowest BCUT2D eigenvalue weighted by atomic mass is 9.69. The molecule has 1 aliphatic rings. The predicted octanol–water partition coefficient (Wildman–Crippen LogP) is 5.20. The number of nitrogens with one attached hydrogen (secondary N) is 1. The minimum Gasteiger partial charge on any atom is -0.370 e. The Morgan fingerprint density at radius 2 is 1.69 bits per heavy atom. The Kier molecular flexibility index (Phi) is 6.22. The highest BCUT2D eigenvalue weighted by Gasteiger charge is 2.48. The van der Waals surface area contributed by atoms with Crippen LogP contribution in [0.3, 0.4) is 0 Å². The molecule has 0 saturated heterocycles. The van der Waals surface area contributed by atoms with Gasteiger partial charge in [-0.15, -0.1) is 0 Å². The van der Waals surface area contributed by atoms with Crippen LogP contribution in [0, 0.1) is 11.8 Å². The minimum atomic E-state index is -4.67. The van der Waals surface area contributed by atoms with Crippen LogP contribution in [0.4, 0.5) is 32.2 Å². The Balaban J connectivity index is 1.64. The molecule has 0 atom stereocenters. The third-order valence-electron chi connectivity index (χ3n) is 5.86. The van der Waals surface area contributed by atoms with E-state index < -0.39 is 38.3 Å². The van der Waals surface area contributed by atoms with Gasteiger partial charge in [0, 0.05) is 12.7 Å². The first-order chi connectivity index (χ1) is 14.6. The van der Waals surface area contributed by atoms with E-state index in [9.17, 15) is 34.8 Å². The molecule has 0 bridgehead atoms. The number of nitrogens with zero attached hydrogens (tertiary/aromatic N) is 2. The molecule has 1 heterocycles. The summed E-state index contributed by atoms with van der Waals surface area (Å²) in [6.07, 6.45) is -7.42. The van der Waals surface area contributed by atoms with Gasteiger partial charge in [-0.3, -0.25) is 0 Å². The summed E-state index contributed by atoms with van der Waals surface area (Å²) in [5, 5.41) is 2.80. The summed E-state index contributed by atoms with van der Waals surface area (Å²) < 4.78 is 102. The quantitative estimate of drug-likeness (QED) is 0.574. The zero-order chi connectivity index (χ0) is 23.9. The van der Waals surface area contributed by atoms with Gasteiger partial charge in [0.15, 0.2) is 9.84 Å². The van der Waals surface area contributed by atoms with E-state index >= 15 is 0 Å². The second-order valence-corrected chi connectivity index (χ2v) is 10.8. The molecule has 2 aromatic rings. The lowest BCUT2D eigenvalue weighted by molar-refractivity contribution is -0.145. The molecule has 5 nitrogen and oxygen atoms in total. The van der Waals surface area contributed by atoms with Gasteiger partial charge in [-0.05, 0) is 62.8 Å². The molecule has 0 radical (unpaired) electrons. The van der Waals surface area contributed by atoms with Crippen molar-refractivity contribution in [2.24, 2.45) is 11.8 Å². The fraction of sp³-hybridized carbons (Fsp3) is 0.500. The topological polar surface area (TPSA) is 72.0 Å². The number of anilines is 1. The highest BCUT2D eigenvalue weighted by atomic mass is 32.2. The normalized spacial score (nSPS) is 20.0. The number of alkyl halides is 6. The highest BCUT2D eigenvalue weighted by Crippen LogP contribution is 2.46. The summed E-state index contributed by atoms with van der Waals surface area (Å²) >= 11 is 0. The molecule has 1 aromatic heterocycles. The Labute approximate surface area is 181 Å². The van der Waals surface area contributed by atoms with Crippen molar-refractivity contribution < 1.29 is 34.8 Å². The predicted molar refractivity (Wildman–Crippen MR) is 104 cm³/mol. The van der Waals surface area contributed by atoms with Gasteiger partial charge in [0.25, 0.3) is 0 Å². The molecule has 1 N–H and O–H groups in total. The smallest absolute Gasteiger partial charge is 0.370 e. The number of halogens is 6. The van der Waals surface area contributed by atoms with Gasteiger partial charge in [-0.1, -0.05) is 6.07 Å². The molecule has 0 aliphatic heterocycles. The number of aromatic nitrogens is 2. The third kappa shape index (κ3) is 4.84. The molecular formula is C20H21F6N3O2S. The summed E-state index contributed by atoms with van der Waals surface area (Å²) in [4.78, 5) is 6.20. The van der Waals surface area contributed by atoms with Crippen molar-refractivity contribution in [3.05, 3.63) is 47.9 Å². The van der Waals surface area contributed by atoms with Crippen molar-refractivity contribution in [3.63, 3.8) is 0 Å². The summed E-state index contributed by atoms with van der Waals surface area (Å²) in [6.45, 7) is 3.25. The van der Waals surface area contributed by atoms with E-state index in [2.05, 4.69) is 15.3 Å². The molecule has 12 heteroatoms. The molecule has 0 spiro atoms. The molecule has 32 heavy (non-hydrogen) atoms. The molecule has 0 amide bonds. The van der Waals surface area contributed by atoms with Crippen LogP contribution in [-0.2, 0) is 22.2 Å². The summed E-state index contributed by atoms with van der Waals surface area (Å²) in [7, 11) is -4.06. The standard InChI is InChI=1S/C20H21F6N3O2S/c1-18(2,32(30,31)15-5-3-4-13(10-15)19(21,22)23)14-8-12(9-14)11-28-16-6-7-27-17(29-16)20(24,25)26/h3-7,10,12,14H,8-9,11H2,1-2H3,(H,27,28,29)/t12-,14+. The van der Waals surface area contributed by atoms with Crippen LogP contribution in [0.15, 0.2) is 41.4 Å². The molecule has 176 valence electrons. The fourth-order valence-electron chi connectivity index (χ4n) is 3.68. The van der Waals surface area contributed by atoms with Crippen LogP contribution >= 0.6 is 0 Å². The maximum atomic E-state index is 13.1. The van der Waals surface area contributed by atoms with Gasteiger partial charge in [-0.2, -0.15) is 26.3 Å². The van der Waals surface area contributed by atoms with Crippen molar-refractivity contribution in [3.8, 4) is 0 Å². The van der Waals surface area contributed by atoms with E-state index in [1.807, 2.05) is 0 Å². The van der Waals surface area contributed by atoms with Gasteiger partial charge in [-0.25, -0.2) is 18.4 Å². The van der Waals surface area contributed by atoms with Crippen LogP contribution in [0.1, 0.15) is 38.1 Å².